The average Bonchev–Trinajstić information content (AvgIpc) is 3.21. The van der Waals surface area contributed by atoms with E-state index in [-0.39, 0.29) is 18.4 Å². The first-order valence-electron chi connectivity index (χ1n) is 7.11. The number of hydrogen-bond donors (Lipinski definition) is 3. The zero-order valence-corrected chi connectivity index (χ0v) is 12.4. The third-order valence-electron chi connectivity index (χ3n) is 3.53. The number of rotatable bonds is 6. The van der Waals surface area contributed by atoms with Crippen LogP contribution < -0.4 is 16.4 Å². The summed E-state index contributed by atoms with van der Waals surface area (Å²) in [6, 6.07) is 6.94. The van der Waals surface area contributed by atoms with E-state index >= 15 is 0 Å². The lowest BCUT2D eigenvalue weighted by atomic mass is 10.2. The molecule has 114 valence electrons. The molecule has 4 N–H and O–H groups in total. The summed E-state index contributed by atoms with van der Waals surface area (Å²) in [4.78, 5) is 25.6. The monoisotopic (exact) mass is 290 g/mol. The van der Waals surface area contributed by atoms with Crippen LogP contribution in [0.25, 0.3) is 0 Å². The molecule has 1 unspecified atom stereocenters. The van der Waals surface area contributed by atoms with Crippen LogP contribution in [0.15, 0.2) is 24.3 Å². The Bertz CT molecular complexity index is 528. The van der Waals surface area contributed by atoms with Crippen LogP contribution in [-0.4, -0.2) is 42.4 Å². The van der Waals surface area contributed by atoms with Crippen molar-refractivity contribution in [3.8, 4) is 0 Å². The molecule has 0 spiro atoms. The predicted molar refractivity (Wildman–Crippen MR) is 82.7 cm³/mol. The highest BCUT2D eigenvalue weighted by atomic mass is 16.2. The zero-order chi connectivity index (χ0) is 15.4. The van der Waals surface area contributed by atoms with Crippen LogP contribution in [0.2, 0.25) is 0 Å². The topological polar surface area (TPSA) is 87.5 Å². The van der Waals surface area contributed by atoms with E-state index in [4.69, 9.17) is 5.73 Å². The van der Waals surface area contributed by atoms with Crippen molar-refractivity contribution < 1.29 is 9.59 Å². The minimum atomic E-state index is -0.406. The number of hydrogen-bond acceptors (Lipinski definition) is 4. The second-order valence-corrected chi connectivity index (χ2v) is 5.55. The van der Waals surface area contributed by atoms with Crippen LogP contribution in [0, 0.1) is 0 Å². The third-order valence-corrected chi connectivity index (χ3v) is 3.53. The summed E-state index contributed by atoms with van der Waals surface area (Å²) in [5.74, 6) is -0.203. The Morgan fingerprint density at radius 3 is 2.76 bits per heavy atom. The molecule has 0 radical (unpaired) electrons. The SMILES string of the molecule is CC(C(=O)Nc1cccc(N)c1)N(C)CC(=O)NC1CC1. The Balaban J connectivity index is 1.84. The number of carbonyl (C=O) groups is 2. The van der Waals surface area contributed by atoms with E-state index < -0.39 is 6.04 Å². The molecule has 1 aliphatic rings. The lowest BCUT2D eigenvalue weighted by molar-refractivity contribution is -0.124. The summed E-state index contributed by atoms with van der Waals surface area (Å²) in [5.41, 5.74) is 6.92. The summed E-state index contributed by atoms with van der Waals surface area (Å²) in [5, 5.41) is 5.70. The fraction of sp³-hybridized carbons (Fsp3) is 0.467. The fourth-order valence-electron chi connectivity index (χ4n) is 1.93. The van der Waals surface area contributed by atoms with Crippen molar-refractivity contribution in [1.82, 2.24) is 10.2 Å². The number of nitrogens with one attached hydrogen (secondary N) is 2. The summed E-state index contributed by atoms with van der Waals surface area (Å²) < 4.78 is 0. The molecule has 21 heavy (non-hydrogen) atoms. The molecule has 1 fully saturated rings. The molecule has 0 aliphatic heterocycles. The molecule has 1 aliphatic carbocycles. The van der Waals surface area contributed by atoms with E-state index in [9.17, 15) is 9.59 Å². The molecule has 1 aromatic carbocycles. The van der Waals surface area contributed by atoms with Gasteiger partial charge in [0.15, 0.2) is 0 Å². The molecule has 1 saturated carbocycles. The summed E-state index contributed by atoms with van der Waals surface area (Å²) in [6.45, 7) is 1.98. The summed E-state index contributed by atoms with van der Waals surface area (Å²) in [7, 11) is 1.76. The number of nitrogens with zero attached hydrogens (tertiary/aromatic N) is 1. The van der Waals surface area contributed by atoms with Crippen molar-refractivity contribution in [1.29, 1.82) is 0 Å². The van der Waals surface area contributed by atoms with Gasteiger partial charge >= 0.3 is 0 Å². The van der Waals surface area contributed by atoms with E-state index in [2.05, 4.69) is 10.6 Å². The molecule has 0 bridgehead atoms. The van der Waals surface area contributed by atoms with E-state index in [1.54, 1.807) is 43.1 Å². The maximum Gasteiger partial charge on any atom is 0.241 e. The Morgan fingerprint density at radius 2 is 2.14 bits per heavy atom. The number of nitrogen functional groups attached to an aromatic ring is 1. The largest absolute Gasteiger partial charge is 0.399 e. The Hall–Kier alpha value is -2.08. The van der Waals surface area contributed by atoms with Crippen LogP contribution in [-0.2, 0) is 9.59 Å². The molecule has 0 aromatic heterocycles. The number of benzene rings is 1. The van der Waals surface area contributed by atoms with Gasteiger partial charge in [0.1, 0.15) is 0 Å². The van der Waals surface area contributed by atoms with Gasteiger partial charge in [0.25, 0.3) is 0 Å². The van der Waals surface area contributed by atoms with Gasteiger partial charge in [0.2, 0.25) is 11.8 Å². The quantitative estimate of drug-likeness (QED) is 0.676. The highest BCUT2D eigenvalue weighted by molar-refractivity contribution is 5.95. The van der Waals surface area contributed by atoms with Gasteiger partial charge in [0.05, 0.1) is 12.6 Å². The predicted octanol–water partition coefficient (Wildman–Crippen LogP) is 0.806. The van der Waals surface area contributed by atoms with Crippen LogP contribution in [0.4, 0.5) is 11.4 Å². The van der Waals surface area contributed by atoms with Crippen LogP contribution in [0.3, 0.4) is 0 Å². The van der Waals surface area contributed by atoms with E-state index in [0.29, 0.717) is 17.4 Å². The van der Waals surface area contributed by atoms with Gasteiger partial charge in [-0.1, -0.05) is 6.07 Å². The third kappa shape index (κ3) is 4.75. The van der Waals surface area contributed by atoms with Crippen molar-refractivity contribution >= 4 is 23.2 Å². The smallest absolute Gasteiger partial charge is 0.241 e. The molecule has 0 saturated heterocycles. The van der Waals surface area contributed by atoms with Crippen molar-refractivity contribution in [2.45, 2.75) is 31.8 Å². The molecule has 0 heterocycles. The highest BCUT2D eigenvalue weighted by Crippen LogP contribution is 2.18. The molecule has 6 heteroatoms. The Morgan fingerprint density at radius 1 is 1.43 bits per heavy atom. The van der Waals surface area contributed by atoms with Gasteiger partial charge in [-0.05, 0) is 45.0 Å². The molecule has 2 rings (SSSR count). The average molecular weight is 290 g/mol. The van der Waals surface area contributed by atoms with Gasteiger partial charge in [-0.2, -0.15) is 0 Å². The maximum atomic E-state index is 12.2. The lowest BCUT2D eigenvalue weighted by Gasteiger charge is -2.23. The van der Waals surface area contributed by atoms with E-state index in [1.807, 2.05) is 0 Å². The van der Waals surface area contributed by atoms with Crippen molar-refractivity contribution in [2.75, 3.05) is 24.6 Å². The maximum absolute atomic E-state index is 12.2. The fourth-order valence-corrected chi connectivity index (χ4v) is 1.93. The zero-order valence-electron chi connectivity index (χ0n) is 12.4. The van der Waals surface area contributed by atoms with Crippen molar-refractivity contribution in [2.24, 2.45) is 0 Å². The first kappa shape index (κ1) is 15.3. The van der Waals surface area contributed by atoms with Gasteiger partial charge in [-0.3, -0.25) is 14.5 Å². The number of likely N-dealkylation sites (N-methyl/N-ethyl adjacent to an activating group) is 1. The molecular formula is C15H22N4O2. The van der Waals surface area contributed by atoms with E-state index in [1.165, 1.54) is 0 Å². The second-order valence-electron chi connectivity index (χ2n) is 5.55. The van der Waals surface area contributed by atoms with Crippen LogP contribution >= 0.6 is 0 Å². The Kier molecular flexibility index (Phi) is 4.80. The summed E-state index contributed by atoms with van der Waals surface area (Å²) in [6.07, 6.45) is 2.11. The standard InChI is InChI=1S/C15H22N4O2/c1-10(19(2)9-14(20)17-12-6-7-12)15(21)18-13-5-3-4-11(16)8-13/h3-5,8,10,12H,6-7,9,16H2,1-2H3,(H,17,20)(H,18,21). The molecule has 6 nitrogen and oxygen atoms in total. The normalized spacial score (nSPS) is 15.6. The highest BCUT2D eigenvalue weighted by Gasteiger charge is 2.25. The minimum Gasteiger partial charge on any atom is -0.399 e. The second kappa shape index (κ2) is 6.58. The molecular weight excluding hydrogens is 268 g/mol. The van der Waals surface area contributed by atoms with Crippen molar-refractivity contribution in [3.63, 3.8) is 0 Å². The molecule has 1 aromatic rings. The number of anilines is 2. The number of amides is 2. The van der Waals surface area contributed by atoms with Crippen molar-refractivity contribution in [3.05, 3.63) is 24.3 Å². The van der Waals surface area contributed by atoms with Gasteiger partial charge in [0, 0.05) is 17.4 Å². The van der Waals surface area contributed by atoms with Gasteiger partial charge < -0.3 is 16.4 Å². The number of carbonyl (C=O) groups excluding carboxylic acids is 2. The first-order chi connectivity index (χ1) is 9.95. The van der Waals surface area contributed by atoms with Gasteiger partial charge in [-0.25, -0.2) is 0 Å². The summed E-state index contributed by atoms with van der Waals surface area (Å²) >= 11 is 0. The van der Waals surface area contributed by atoms with Crippen LogP contribution in [0.5, 0.6) is 0 Å². The number of nitrogens with two attached hydrogens (primary N) is 1. The van der Waals surface area contributed by atoms with E-state index in [0.717, 1.165) is 12.8 Å². The van der Waals surface area contributed by atoms with Gasteiger partial charge in [-0.15, -0.1) is 0 Å². The lowest BCUT2D eigenvalue weighted by Crippen LogP contribution is -2.45. The Labute approximate surface area is 124 Å². The molecule has 1 atom stereocenters. The minimum absolute atomic E-state index is 0.0383. The molecule has 2 amide bonds. The van der Waals surface area contributed by atoms with Crippen LogP contribution in [0.1, 0.15) is 19.8 Å². The first-order valence-corrected chi connectivity index (χ1v) is 7.11.